The number of amides is 1. The number of thiazole rings is 1. The van der Waals surface area contributed by atoms with Gasteiger partial charge in [-0.15, -0.1) is 11.3 Å². The molecule has 1 amide bonds. The van der Waals surface area contributed by atoms with Crippen molar-refractivity contribution in [1.29, 1.82) is 0 Å². The smallest absolute Gasteiger partial charge is 0.355 e. The number of likely N-dealkylation sites (tertiary alicyclic amines) is 1. The predicted molar refractivity (Wildman–Crippen MR) is 96.5 cm³/mol. The zero-order valence-corrected chi connectivity index (χ0v) is 15.9. The molecule has 3 N–H and O–H groups in total. The van der Waals surface area contributed by atoms with Gasteiger partial charge in [-0.2, -0.15) is 0 Å². The third kappa shape index (κ3) is 4.49. The number of carbonyl (C=O) groups is 2. The summed E-state index contributed by atoms with van der Waals surface area (Å²) in [5.41, 5.74) is 6.49. The number of hydrogen-bond acceptors (Lipinski definition) is 6. The zero-order valence-electron chi connectivity index (χ0n) is 14.3. The minimum Gasteiger partial charge on any atom is -0.476 e. The van der Waals surface area contributed by atoms with Crippen LogP contribution in [-0.2, 0) is 4.79 Å². The highest BCUT2D eigenvalue weighted by atomic mass is 32.2. The molecule has 2 unspecified atom stereocenters. The fraction of sp³-hybridized carbons (Fsp3) is 0.688. The molecule has 8 heteroatoms. The van der Waals surface area contributed by atoms with Crippen molar-refractivity contribution in [1.82, 2.24) is 9.88 Å². The van der Waals surface area contributed by atoms with Gasteiger partial charge in [0.1, 0.15) is 0 Å². The zero-order chi connectivity index (χ0) is 17.9. The minimum atomic E-state index is -1.01. The minimum absolute atomic E-state index is 0.0140. The van der Waals surface area contributed by atoms with Crippen LogP contribution in [0.3, 0.4) is 0 Å². The maximum atomic E-state index is 12.2. The van der Waals surface area contributed by atoms with Gasteiger partial charge in [-0.3, -0.25) is 4.79 Å². The Kier molecular flexibility index (Phi) is 6.65. The Balaban J connectivity index is 1.91. The van der Waals surface area contributed by atoms with Gasteiger partial charge in [-0.1, -0.05) is 32.5 Å². The largest absolute Gasteiger partial charge is 0.476 e. The van der Waals surface area contributed by atoms with Gasteiger partial charge in [0.25, 0.3) is 0 Å². The van der Waals surface area contributed by atoms with Crippen molar-refractivity contribution in [2.24, 2.45) is 17.6 Å². The summed E-state index contributed by atoms with van der Waals surface area (Å²) in [5, 5.41) is 10.4. The molecule has 1 aliphatic rings. The van der Waals surface area contributed by atoms with E-state index in [9.17, 15) is 9.59 Å². The van der Waals surface area contributed by atoms with Crippen molar-refractivity contribution in [3.63, 3.8) is 0 Å². The number of aromatic carboxylic acids is 1. The molecule has 0 bridgehead atoms. The first-order valence-corrected chi connectivity index (χ1v) is 10.0. The van der Waals surface area contributed by atoms with Gasteiger partial charge < -0.3 is 15.7 Å². The van der Waals surface area contributed by atoms with E-state index in [0.717, 1.165) is 10.8 Å². The predicted octanol–water partition coefficient (Wildman–Crippen LogP) is 2.54. The standard InChI is InChI=1S/C16H25N3O3S2/c1-9(2)10(3)14(17)12-4-5-13(20)19(12)6-7-23-16-18-11(8-24-16)15(21)22/h8-10,12,14H,4-7,17H2,1-3H3,(H,21,22)/t10?,12-,14?/m1/s1. The van der Waals surface area contributed by atoms with E-state index in [1.165, 1.54) is 28.5 Å². The monoisotopic (exact) mass is 371 g/mol. The molecular formula is C16H25N3O3S2. The van der Waals surface area contributed by atoms with Crippen molar-refractivity contribution in [2.45, 2.75) is 50.0 Å². The van der Waals surface area contributed by atoms with Gasteiger partial charge in [0.05, 0.1) is 0 Å². The second-order valence-electron chi connectivity index (χ2n) is 6.53. The molecule has 3 atom stereocenters. The van der Waals surface area contributed by atoms with Crippen LogP contribution in [0.4, 0.5) is 0 Å². The molecule has 0 spiro atoms. The number of thioether (sulfide) groups is 1. The Morgan fingerprint density at radius 1 is 1.54 bits per heavy atom. The SMILES string of the molecule is CC(C)C(C)C(N)[C@H]1CCC(=O)N1CCSc1nc(C(=O)O)cs1. The summed E-state index contributed by atoms with van der Waals surface area (Å²) >= 11 is 2.81. The van der Waals surface area contributed by atoms with Crippen molar-refractivity contribution in [2.75, 3.05) is 12.3 Å². The number of rotatable bonds is 8. The first-order chi connectivity index (χ1) is 11.3. The molecule has 0 aliphatic carbocycles. The van der Waals surface area contributed by atoms with E-state index in [1.807, 2.05) is 4.90 Å². The molecule has 24 heavy (non-hydrogen) atoms. The van der Waals surface area contributed by atoms with E-state index in [4.69, 9.17) is 10.8 Å². The van der Waals surface area contributed by atoms with Crippen LogP contribution in [0.1, 0.15) is 44.1 Å². The summed E-state index contributed by atoms with van der Waals surface area (Å²) in [5.74, 6) is 0.682. The van der Waals surface area contributed by atoms with E-state index in [0.29, 0.717) is 30.6 Å². The van der Waals surface area contributed by atoms with Gasteiger partial charge in [-0.05, 0) is 18.3 Å². The average Bonchev–Trinajstić information content (AvgIpc) is 3.14. The fourth-order valence-electron chi connectivity index (χ4n) is 2.89. The Labute approximate surface area is 150 Å². The van der Waals surface area contributed by atoms with Crippen molar-refractivity contribution < 1.29 is 14.7 Å². The number of nitrogens with zero attached hydrogens (tertiary/aromatic N) is 2. The molecule has 134 valence electrons. The summed E-state index contributed by atoms with van der Waals surface area (Å²) in [6, 6.07) is 0.0845. The maximum absolute atomic E-state index is 12.2. The van der Waals surface area contributed by atoms with E-state index < -0.39 is 5.97 Å². The summed E-state index contributed by atoms with van der Waals surface area (Å²) in [7, 11) is 0. The van der Waals surface area contributed by atoms with Gasteiger partial charge in [0.2, 0.25) is 5.91 Å². The first-order valence-electron chi connectivity index (χ1n) is 8.18. The van der Waals surface area contributed by atoms with Gasteiger partial charge in [0.15, 0.2) is 10.0 Å². The number of carboxylic acids is 1. The van der Waals surface area contributed by atoms with Crippen LogP contribution in [0.2, 0.25) is 0 Å². The van der Waals surface area contributed by atoms with Crippen LogP contribution in [0.25, 0.3) is 0 Å². The van der Waals surface area contributed by atoms with Gasteiger partial charge in [0, 0.05) is 36.2 Å². The van der Waals surface area contributed by atoms with E-state index in [2.05, 4.69) is 25.8 Å². The second kappa shape index (κ2) is 8.31. The lowest BCUT2D eigenvalue weighted by Gasteiger charge is -2.34. The van der Waals surface area contributed by atoms with Crippen LogP contribution in [0.15, 0.2) is 9.72 Å². The normalized spacial score (nSPS) is 20.6. The quantitative estimate of drug-likeness (QED) is 0.682. The lowest BCUT2D eigenvalue weighted by atomic mass is 9.86. The summed E-state index contributed by atoms with van der Waals surface area (Å²) in [4.78, 5) is 29.0. The summed E-state index contributed by atoms with van der Waals surface area (Å²) < 4.78 is 0.718. The van der Waals surface area contributed by atoms with Crippen LogP contribution in [0, 0.1) is 11.8 Å². The molecule has 1 fully saturated rings. The number of carboxylic acid groups (broad SMARTS) is 1. The van der Waals surface area contributed by atoms with Crippen LogP contribution in [0.5, 0.6) is 0 Å². The Morgan fingerprint density at radius 3 is 2.83 bits per heavy atom. The molecule has 2 rings (SSSR count). The average molecular weight is 372 g/mol. The molecule has 0 radical (unpaired) electrons. The Hall–Kier alpha value is -1.12. The number of nitrogens with two attached hydrogens (primary N) is 1. The third-order valence-corrected chi connectivity index (χ3v) is 6.74. The summed E-state index contributed by atoms with van der Waals surface area (Å²) in [6.45, 7) is 7.08. The van der Waals surface area contributed by atoms with Crippen molar-refractivity contribution in [3.05, 3.63) is 11.1 Å². The van der Waals surface area contributed by atoms with E-state index >= 15 is 0 Å². The van der Waals surface area contributed by atoms with Crippen molar-refractivity contribution in [3.8, 4) is 0 Å². The molecule has 6 nitrogen and oxygen atoms in total. The maximum Gasteiger partial charge on any atom is 0.355 e. The highest BCUT2D eigenvalue weighted by Crippen LogP contribution is 2.28. The molecule has 1 saturated heterocycles. The second-order valence-corrected chi connectivity index (χ2v) is 8.73. The van der Waals surface area contributed by atoms with Gasteiger partial charge in [-0.25, -0.2) is 9.78 Å². The third-order valence-electron chi connectivity index (χ3n) is 4.74. The van der Waals surface area contributed by atoms with Crippen LogP contribution < -0.4 is 5.73 Å². The molecule has 2 heterocycles. The topological polar surface area (TPSA) is 96.5 Å². The number of carbonyl (C=O) groups excluding carboxylic acids is 1. The van der Waals surface area contributed by atoms with Crippen LogP contribution >= 0.6 is 23.1 Å². The highest BCUT2D eigenvalue weighted by Gasteiger charge is 2.37. The number of aromatic nitrogens is 1. The Morgan fingerprint density at radius 2 is 2.25 bits per heavy atom. The molecule has 1 aromatic rings. The summed E-state index contributed by atoms with van der Waals surface area (Å²) in [6.07, 6.45) is 1.39. The fourth-order valence-corrected chi connectivity index (χ4v) is 4.70. The highest BCUT2D eigenvalue weighted by molar-refractivity contribution is 8.01. The van der Waals surface area contributed by atoms with Crippen LogP contribution in [-0.4, -0.2) is 51.2 Å². The first kappa shape index (κ1) is 19.2. The van der Waals surface area contributed by atoms with Crippen molar-refractivity contribution >= 4 is 35.0 Å². The molecule has 0 aromatic carbocycles. The molecule has 0 saturated carbocycles. The lowest BCUT2D eigenvalue weighted by molar-refractivity contribution is -0.129. The van der Waals surface area contributed by atoms with E-state index in [1.54, 1.807) is 0 Å². The Bertz CT molecular complexity index is 591. The number of hydrogen-bond donors (Lipinski definition) is 2. The molecule has 1 aliphatic heterocycles. The van der Waals surface area contributed by atoms with E-state index in [-0.39, 0.29) is 23.7 Å². The molecular weight excluding hydrogens is 346 g/mol. The molecule has 1 aromatic heterocycles. The van der Waals surface area contributed by atoms with Gasteiger partial charge >= 0.3 is 5.97 Å². The lowest BCUT2D eigenvalue weighted by Crippen LogP contribution is -2.50.